The number of esters is 1. The lowest BCUT2D eigenvalue weighted by Crippen LogP contribution is -2.56. The molecule has 2 aromatic carbocycles. The van der Waals surface area contributed by atoms with Crippen molar-refractivity contribution in [2.45, 2.75) is 38.8 Å². The van der Waals surface area contributed by atoms with Gasteiger partial charge in [0.05, 0.1) is 24.1 Å². The van der Waals surface area contributed by atoms with Crippen LogP contribution >= 0.6 is 0 Å². The number of ether oxygens (including phenoxy) is 1. The van der Waals surface area contributed by atoms with Gasteiger partial charge in [0.2, 0.25) is 11.8 Å². The summed E-state index contributed by atoms with van der Waals surface area (Å²) in [5.74, 6) is -4.63. The molecule has 2 amide bonds. The average molecular weight is 452 g/mol. The van der Waals surface area contributed by atoms with Crippen molar-refractivity contribution in [3.8, 4) is 0 Å². The van der Waals surface area contributed by atoms with E-state index in [0.717, 1.165) is 4.90 Å². The Hall–Kier alpha value is -3.39. The van der Waals surface area contributed by atoms with E-state index in [1.54, 1.807) is 38.1 Å². The number of fused-ring (bicyclic) bond motifs is 1. The summed E-state index contributed by atoms with van der Waals surface area (Å²) in [4.78, 5) is 53.4. The Morgan fingerprint density at radius 3 is 2.45 bits per heavy atom. The molecule has 0 unspecified atom stereocenters. The van der Waals surface area contributed by atoms with E-state index in [-0.39, 0.29) is 30.1 Å². The molecular formula is C25H25FN2O5. The fourth-order valence-corrected chi connectivity index (χ4v) is 5.03. The zero-order valence-electron chi connectivity index (χ0n) is 18.6. The second-order valence-electron chi connectivity index (χ2n) is 8.31. The second-order valence-corrected chi connectivity index (χ2v) is 8.31. The summed E-state index contributed by atoms with van der Waals surface area (Å²) in [5, 5.41) is 3.12. The number of carbonyl (C=O) groups excluding carboxylic acids is 4. The molecule has 2 aliphatic heterocycles. The Morgan fingerprint density at radius 1 is 1.09 bits per heavy atom. The number of nitrogens with one attached hydrogen (secondary N) is 1. The average Bonchev–Trinajstić information content (AvgIpc) is 3.28. The number of carbonyl (C=O) groups is 4. The molecule has 2 aliphatic rings. The van der Waals surface area contributed by atoms with Gasteiger partial charge in [0.25, 0.3) is 0 Å². The number of nitrogens with zero attached hydrogens (tertiary/aromatic N) is 1. The summed E-state index contributed by atoms with van der Waals surface area (Å²) in [6.45, 7) is 4.86. The number of Topliss-reactive ketones (excluding diaryl/α,β-unsaturated/α-hetero) is 1. The predicted octanol–water partition coefficient (Wildman–Crippen LogP) is 3.19. The van der Waals surface area contributed by atoms with E-state index in [2.05, 4.69) is 5.32 Å². The first-order valence-electron chi connectivity index (χ1n) is 10.9. The molecular weight excluding hydrogens is 427 g/mol. The zero-order valence-corrected chi connectivity index (χ0v) is 18.6. The first-order valence-corrected chi connectivity index (χ1v) is 10.9. The molecule has 2 heterocycles. The van der Waals surface area contributed by atoms with Crippen LogP contribution in [0.25, 0.3) is 0 Å². The summed E-state index contributed by atoms with van der Waals surface area (Å²) < 4.78 is 20.1. The lowest BCUT2D eigenvalue weighted by atomic mass is 9.78. The summed E-state index contributed by atoms with van der Waals surface area (Å²) in [7, 11) is 0. The van der Waals surface area contributed by atoms with Crippen molar-refractivity contribution in [2.24, 2.45) is 11.8 Å². The van der Waals surface area contributed by atoms with E-state index in [0.29, 0.717) is 5.56 Å². The van der Waals surface area contributed by atoms with Crippen LogP contribution < -0.4 is 10.2 Å². The molecule has 2 fully saturated rings. The Kier molecular flexibility index (Phi) is 5.88. The summed E-state index contributed by atoms with van der Waals surface area (Å²) in [6.07, 6.45) is 0.165. The molecule has 4 atom stereocenters. The standard InChI is InChI=1S/C25H25FN2O5/c1-4-25(24(32)33-5-2)20-19(21(27-25)17-11-6-7-12-18(17)26)22(30)28(23(20)31)16-10-8-9-15(13-16)14(3)29/h6-13,19-21,27H,4-5H2,1-3H3/t19-,20+,21+,25+/m0/s1. The molecule has 2 saturated heterocycles. The fourth-order valence-electron chi connectivity index (χ4n) is 5.03. The number of rotatable bonds is 6. The lowest BCUT2D eigenvalue weighted by molar-refractivity contribution is -0.154. The Balaban J connectivity index is 1.87. The highest BCUT2D eigenvalue weighted by Gasteiger charge is 2.68. The maximum absolute atomic E-state index is 14.8. The van der Waals surface area contributed by atoms with Crippen LogP contribution in [0.3, 0.4) is 0 Å². The van der Waals surface area contributed by atoms with Crippen LogP contribution in [0, 0.1) is 17.7 Å². The third-order valence-corrected chi connectivity index (χ3v) is 6.60. The summed E-state index contributed by atoms with van der Waals surface area (Å²) >= 11 is 0. The Morgan fingerprint density at radius 2 is 1.82 bits per heavy atom. The van der Waals surface area contributed by atoms with Gasteiger partial charge in [-0.1, -0.05) is 37.3 Å². The van der Waals surface area contributed by atoms with Gasteiger partial charge < -0.3 is 4.74 Å². The van der Waals surface area contributed by atoms with Crippen molar-refractivity contribution < 1.29 is 28.3 Å². The van der Waals surface area contributed by atoms with E-state index < -0.39 is 47.0 Å². The van der Waals surface area contributed by atoms with Gasteiger partial charge in [-0.2, -0.15) is 0 Å². The molecule has 7 nitrogen and oxygen atoms in total. The third-order valence-electron chi connectivity index (χ3n) is 6.60. The van der Waals surface area contributed by atoms with Gasteiger partial charge in [-0.05, 0) is 38.5 Å². The van der Waals surface area contributed by atoms with E-state index in [4.69, 9.17) is 4.74 Å². The van der Waals surface area contributed by atoms with Crippen molar-refractivity contribution in [1.82, 2.24) is 5.32 Å². The van der Waals surface area contributed by atoms with Crippen molar-refractivity contribution in [1.29, 1.82) is 0 Å². The molecule has 1 N–H and O–H groups in total. The van der Waals surface area contributed by atoms with Gasteiger partial charge in [-0.15, -0.1) is 0 Å². The van der Waals surface area contributed by atoms with Crippen LogP contribution in [0.15, 0.2) is 48.5 Å². The highest BCUT2D eigenvalue weighted by molar-refractivity contribution is 6.24. The molecule has 0 saturated carbocycles. The highest BCUT2D eigenvalue weighted by Crippen LogP contribution is 2.51. The predicted molar refractivity (Wildman–Crippen MR) is 118 cm³/mol. The topological polar surface area (TPSA) is 92.8 Å². The minimum Gasteiger partial charge on any atom is -0.465 e. The van der Waals surface area contributed by atoms with Crippen molar-refractivity contribution in [3.63, 3.8) is 0 Å². The van der Waals surface area contributed by atoms with Crippen LogP contribution in [0.5, 0.6) is 0 Å². The number of imide groups is 1. The first kappa shape index (κ1) is 22.8. The number of hydrogen-bond acceptors (Lipinski definition) is 6. The second kappa shape index (κ2) is 8.51. The number of ketones is 1. The zero-order chi connectivity index (χ0) is 23.9. The van der Waals surface area contributed by atoms with Gasteiger partial charge in [0, 0.05) is 17.2 Å². The van der Waals surface area contributed by atoms with Gasteiger partial charge in [0.1, 0.15) is 11.4 Å². The maximum atomic E-state index is 14.8. The van der Waals surface area contributed by atoms with Gasteiger partial charge in [-0.3, -0.25) is 24.5 Å². The molecule has 0 bridgehead atoms. The minimum absolute atomic E-state index is 0.0938. The highest BCUT2D eigenvalue weighted by atomic mass is 19.1. The maximum Gasteiger partial charge on any atom is 0.327 e. The molecule has 4 rings (SSSR count). The molecule has 0 aromatic heterocycles. The van der Waals surface area contributed by atoms with Crippen molar-refractivity contribution >= 4 is 29.3 Å². The van der Waals surface area contributed by atoms with Crippen LogP contribution in [0.1, 0.15) is 49.2 Å². The molecule has 0 aliphatic carbocycles. The smallest absolute Gasteiger partial charge is 0.327 e. The monoisotopic (exact) mass is 452 g/mol. The van der Waals surface area contributed by atoms with E-state index in [9.17, 15) is 23.6 Å². The number of hydrogen-bond donors (Lipinski definition) is 1. The fraction of sp³-hybridized carbons (Fsp3) is 0.360. The van der Waals surface area contributed by atoms with Gasteiger partial charge in [0.15, 0.2) is 5.78 Å². The quantitative estimate of drug-likeness (QED) is 0.411. The Bertz CT molecular complexity index is 1150. The molecule has 172 valence electrons. The minimum atomic E-state index is -1.49. The van der Waals surface area contributed by atoms with Crippen LogP contribution in [-0.4, -0.2) is 35.7 Å². The van der Waals surface area contributed by atoms with E-state index in [1.165, 1.54) is 31.2 Å². The third kappa shape index (κ3) is 3.45. The largest absolute Gasteiger partial charge is 0.465 e. The Labute approximate surface area is 190 Å². The van der Waals surface area contributed by atoms with Crippen molar-refractivity contribution in [2.75, 3.05) is 11.5 Å². The normalized spacial score (nSPS) is 26.4. The van der Waals surface area contributed by atoms with E-state index in [1.807, 2.05) is 0 Å². The van der Waals surface area contributed by atoms with Crippen LogP contribution in [0.2, 0.25) is 0 Å². The van der Waals surface area contributed by atoms with Crippen molar-refractivity contribution in [3.05, 3.63) is 65.5 Å². The molecule has 2 aromatic rings. The lowest BCUT2D eigenvalue weighted by Gasteiger charge is -2.32. The van der Waals surface area contributed by atoms with Gasteiger partial charge >= 0.3 is 5.97 Å². The van der Waals surface area contributed by atoms with E-state index >= 15 is 0 Å². The summed E-state index contributed by atoms with van der Waals surface area (Å²) in [5.41, 5.74) is -0.699. The van der Waals surface area contributed by atoms with Crippen LogP contribution in [-0.2, 0) is 19.1 Å². The molecule has 0 spiro atoms. The van der Waals surface area contributed by atoms with Gasteiger partial charge in [-0.25, -0.2) is 9.29 Å². The summed E-state index contributed by atoms with van der Waals surface area (Å²) in [6, 6.07) is 11.3. The van der Waals surface area contributed by atoms with Crippen LogP contribution in [0.4, 0.5) is 10.1 Å². The molecule has 33 heavy (non-hydrogen) atoms. The number of benzene rings is 2. The number of anilines is 1. The SMILES string of the molecule is CCOC(=O)[C@]1(CC)N[C@H](c2ccccc2F)[C@H]2C(=O)N(c3cccc(C(C)=O)c3)C(=O)[C@@H]21. The number of halogens is 1. The number of amides is 2. The first-order chi connectivity index (χ1) is 15.8. The molecule has 0 radical (unpaired) electrons. The molecule has 8 heteroatoms.